The van der Waals surface area contributed by atoms with Crippen molar-refractivity contribution in [2.24, 2.45) is 5.92 Å². The van der Waals surface area contributed by atoms with Gasteiger partial charge in [0.15, 0.2) is 10.4 Å². The van der Waals surface area contributed by atoms with Gasteiger partial charge >= 0.3 is 0 Å². The molecule has 0 saturated carbocycles. The zero-order valence-electron chi connectivity index (χ0n) is 11.1. The van der Waals surface area contributed by atoms with Crippen LogP contribution in [0.2, 0.25) is 0 Å². The Morgan fingerprint density at radius 2 is 2.26 bits per heavy atom. The highest BCUT2D eigenvalue weighted by Crippen LogP contribution is 2.19. The van der Waals surface area contributed by atoms with E-state index in [0.29, 0.717) is 16.5 Å². The van der Waals surface area contributed by atoms with Crippen LogP contribution in [0.5, 0.6) is 0 Å². The standard InChI is InChI=1S/C13H18N4OS/c1-9(2)7-14-6-4-12-16-17-13(19-12)10-8-15-5-3-11(10)18/h3,5,8-9,14H,4,6-7H2,1-2H3,(H,15,18). The number of nitrogens with zero attached hydrogens (tertiary/aromatic N) is 2. The van der Waals surface area contributed by atoms with Crippen LogP contribution in [-0.2, 0) is 6.42 Å². The molecule has 19 heavy (non-hydrogen) atoms. The summed E-state index contributed by atoms with van der Waals surface area (Å²) in [6, 6.07) is 1.50. The van der Waals surface area contributed by atoms with Crippen LogP contribution in [0.4, 0.5) is 0 Å². The highest BCUT2D eigenvalue weighted by atomic mass is 32.1. The van der Waals surface area contributed by atoms with E-state index in [0.717, 1.165) is 24.5 Å². The number of pyridine rings is 1. The van der Waals surface area contributed by atoms with Gasteiger partial charge in [0.2, 0.25) is 0 Å². The molecule has 102 valence electrons. The van der Waals surface area contributed by atoms with E-state index >= 15 is 0 Å². The van der Waals surface area contributed by atoms with E-state index in [9.17, 15) is 4.79 Å². The molecule has 0 aliphatic rings. The molecular formula is C13H18N4OS. The van der Waals surface area contributed by atoms with Gasteiger partial charge in [0.1, 0.15) is 5.01 Å². The monoisotopic (exact) mass is 278 g/mol. The van der Waals surface area contributed by atoms with Gasteiger partial charge in [-0.25, -0.2) is 0 Å². The SMILES string of the molecule is CC(C)CNCCc1nnc(-c2c[nH]ccc2=O)s1. The number of rotatable bonds is 6. The van der Waals surface area contributed by atoms with Gasteiger partial charge < -0.3 is 10.3 Å². The van der Waals surface area contributed by atoms with Gasteiger partial charge in [-0.1, -0.05) is 25.2 Å². The lowest BCUT2D eigenvalue weighted by Crippen LogP contribution is -2.22. The van der Waals surface area contributed by atoms with E-state index in [1.807, 2.05) is 0 Å². The number of hydrogen-bond donors (Lipinski definition) is 2. The van der Waals surface area contributed by atoms with E-state index in [1.54, 1.807) is 12.4 Å². The summed E-state index contributed by atoms with van der Waals surface area (Å²) in [5.41, 5.74) is 0.556. The smallest absolute Gasteiger partial charge is 0.191 e. The molecule has 2 N–H and O–H groups in total. The van der Waals surface area contributed by atoms with E-state index in [2.05, 4.69) is 34.3 Å². The van der Waals surface area contributed by atoms with Crippen LogP contribution in [0.15, 0.2) is 23.3 Å². The maximum absolute atomic E-state index is 11.7. The molecule has 0 unspecified atom stereocenters. The molecule has 0 atom stereocenters. The second-order valence-electron chi connectivity index (χ2n) is 4.77. The Labute approximate surface area is 116 Å². The summed E-state index contributed by atoms with van der Waals surface area (Å²) in [5, 5.41) is 13.2. The van der Waals surface area contributed by atoms with E-state index in [-0.39, 0.29) is 5.43 Å². The summed E-state index contributed by atoms with van der Waals surface area (Å²) in [4.78, 5) is 14.6. The predicted octanol–water partition coefficient (Wildman–Crippen LogP) is 1.68. The normalized spacial score (nSPS) is 11.1. The van der Waals surface area contributed by atoms with Crippen molar-refractivity contribution in [1.29, 1.82) is 0 Å². The fourth-order valence-corrected chi connectivity index (χ4v) is 2.49. The maximum atomic E-state index is 11.7. The van der Waals surface area contributed by atoms with Crippen molar-refractivity contribution < 1.29 is 0 Å². The lowest BCUT2D eigenvalue weighted by molar-refractivity contribution is 0.553. The third-order valence-corrected chi connectivity index (χ3v) is 3.61. The largest absolute Gasteiger partial charge is 0.367 e. The summed E-state index contributed by atoms with van der Waals surface area (Å²) in [5.74, 6) is 0.646. The van der Waals surface area contributed by atoms with E-state index in [1.165, 1.54) is 17.4 Å². The molecule has 0 radical (unpaired) electrons. The first-order valence-corrected chi connectivity index (χ1v) is 7.19. The molecule has 0 aliphatic heterocycles. The van der Waals surface area contributed by atoms with Gasteiger partial charge in [-0.2, -0.15) is 0 Å². The molecule has 0 spiro atoms. The van der Waals surface area contributed by atoms with Crippen LogP contribution in [-0.4, -0.2) is 28.3 Å². The van der Waals surface area contributed by atoms with Crippen molar-refractivity contribution in [3.05, 3.63) is 33.7 Å². The molecule has 0 bridgehead atoms. The zero-order valence-corrected chi connectivity index (χ0v) is 12.0. The van der Waals surface area contributed by atoms with Crippen LogP contribution in [0, 0.1) is 5.92 Å². The first-order chi connectivity index (χ1) is 9.16. The fraction of sp³-hybridized carbons (Fsp3) is 0.462. The molecular weight excluding hydrogens is 260 g/mol. The first-order valence-electron chi connectivity index (χ1n) is 6.37. The molecule has 2 aromatic rings. The van der Waals surface area contributed by atoms with Crippen LogP contribution < -0.4 is 10.7 Å². The van der Waals surface area contributed by atoms with Crippen molar-refractivity contribution in [2.75, 3.05) is 13.1 Å². The highest BCUT2D eigenvalue weighted by Gasteiger charge is 2.09. The minimum Gasteiger partial charge on any atom is -0.367 e. The summed E-state index contributed by atoms with van der Waals surface area (Å²) in [6.45, 7) is 6.25. The molecule has 2 rings (SSSR count). The maximum Gasteiger partial charge on any atom is 0.191 e. The van der Waals surface area contributed by atoms with Crippen LogP contribution in [0.1, 0.15) is 18.9 Å². The molecule has 6 heteroatoms. The lowest BCUT2D eigenvalue weighted by atomic mass is 10.2. The van der Waals surface area contributed by atoms with Crippen molar-refractivity contribution in [2.45, 2.75) is 20.3 Å². The topological polar surface area (TPSA) is 70.7 Å². The van der Waals surface area contributed by atoms with Gasteiger partial charge in [-0.15, -0.1) is 10.2 Å². The molecule has 0 amide bonds. The Balaban J connectivity index is 1.96. The molecule has 0 aliphatic carbocycles. The van der Waals surface area contributed by atoms with Crippen LogP contribution in [0.3, 0.4) is 0 Å². The van der Waals surface area contributed by atoms with Crippen molar-refractivity contribution in [3.8, 4) is 10.6 Å². The van der Waals surface area contributed by atoms with Gasteiger partial charge in [0.05, 0.1) is 5.56 Å². The Bertz CT molecular complexity index is 576. The van der Waals surface area contributed by atoms with Crippen molar-refractivity contribution in [1.82, 2.24) is 20.5 Å². The summed E-state index contributed by atoms with van der Waals surface area (Å²) in [6.07, 6.45) is 4.13. The summed E-state index contributed by atoms with van der Waals surface area (Å²) < 4.78 is 0. The van der Waals surface area contributed by atoms with Crippen LogP contribution in [0.25, 0.3) is 10.6 Å². The number of aromatic nitrogens is 3. The number of H-pyrrole nitrogens is 1. The molecule has 2 aromatic heterocycles. The third-order valence-electron chi connectivity index (χ3n) is 2.59. The predicted molar refractivity (Wildman–Crippen MR) is 77.4 cm³/mol. The van der Waals surface area contributed by atoms with Crippen molar-refractivity contribution in [3.63, 3.8) is 0 Å². The zero-order chi connectivity index (χ0) is 13.7. The summed E-state index contributed by atoms with van der Waals surface area (Å²) in [7, 11) is 0. The molecule has 5 nitrogen and oxygen atoms in total. The molecule has 2 heterocycles. The quantitative estimate of drug-likeness (QED) is 0.789. The van der Waals surface area contributed by atoms with Gasteiger partial charge in [-0.3, -0.25) is 4.79 Å². The Morgan fingerprint density at radius 1 is 1.42 bits per heavy atom. The lowest BCUT2D eigenvalue weighted by Gasteiger charge is -2.05. The minimum atomic E-state index is -0.0283. The molecule has 0 aromatic carbocycles. The van der Waals surface area contributed by atoms with Crippen molar-refractivity contribution >= 4 is 11.3 Å². The molecule has 0 fully saturated rings. The minimum absolute atomic E-state index is 0.0283. The van der Waals surface area contributed by atoms with E-state index < -0.39 is 0 Å². The second kappa shape index (κ2) is 6.58. The van der Waals surface area contributed by atoms with E-state index in [4.69, 9.17) is 0 Å². The molecule has 0 saturated heterocycles. The first kappa shape index (κ1) is 13.9. The Hall–Kier alpha value is -1.53. The van der Waals surface area contributed by atoms with Gasteiger partial charge in [0, 0.05) is 31.4 Å². The van der Waals surface area contributed by atoms with Crippen LogP contribution >= 0.6 is 11.3 Å². The second-order valence-corrected chi connectivity index (χ2v) is 5.83. The summed E-state index contributed by atoms with van der Waals surface area (Å²) >= 11 is 1.48. The number of hydrogen-bond acceptors (Lipinski definition) is 5. The van der Waals surface area contributed by atoms with Gasteiger partial charge in [0.25, 0.3) is 0 Å². The highest BCUT2D eigenvalue weighted by molar-refractivity contribution is 7.14. The third kappa shape index (κ3) is 3.97. The Kier molecular flexibility index (Phi) is 4.81. The average molecular weight is 278 g/mol. The number of nitrogens with one attached hydrogen (secondary N) is 2. The Morgan fingerprint density at radius 3 is 3.00 bits per heavy atom. The number of aromatic amines is 1. The van der Waals surface area contributed by atoms with Gasteiger partial charge in [-0.05, 0) is 12.5 Å². The average Bonchev–Trinajstić information content (AvgIpc) is 2.83. The fourth-order valence-electron chi connectivity index (χ4n) is 1.63.